The number of fused-ring (bicyclic) bond motifs is 1. The van der Waals surface area contributed by atoms with Crippen LogP contribution < -0.4 is 0 Å². The molecule has 0 aliphatic carbocycles. The molecule has 0 N–H and O–H groups in total. The van der Waals surface area contributed by atoms with E-state index in [4.69, 9.17) is 0 Å². The molecule has 1 aliphatic rings. The van der Waals surface area contributed by atoms with Crippen LogP contribution in [0.2, 0.25) is 0 Å². The van der Waals surface area contributed by atoms with Crippen molar-refractivity contribution in [1.29, 1.82) is 0 Å². The minimum atomic E-state index is 0.220. The monoisotopic (exact) mass is 293 g/mol. The van der Waals surface area contributed by atoms with Crippen molar-refractivity contribution in [3.8, 4) is 0 Å². The third kappa shape index (κ3) is 2.07. The SMILES string of the molecule is O=C1CC(Br)CN1Cc1ccc2nccn2c1. The summed E-state index contributed by atoms with van der Waals surface area (Å²) in [6.45, 7) is 1.47. The zero-order chi connectivity index (χ0) is 11.8. The van der Waals surface area contributed by atoms with E-state index in [0.717, 1.165) is 17.8 Å². The molecule has 1 unspecified atom stereocenters. The first kappa shape index (κ1) is 10.8. The summed E-state index contributed by atoms with van der Waals surface area (Å²) in [5, 5.41) is 0. The van der Waals surface area contributed by atoms with Crippen LogP contribution in [-0.2, 0) is 11.3 Å². The van der Waals surface area contributed by atoms with E-state index in [0.29, 0.717) is 17.8 Å². The maximum Gasteiger partial charge on any atom is 0.224 e. The molecule has 0 bridgehead atoms. The summed E-state index contributed by atoms with van der Waals surface area (Å²) in [6, 6.07) is 4.00. The van der Waals surface area contributed by atoms with E-state index >= 15 is 0 Å². The van der Waals surface area contributed by atoms with E-state index in [1.165, 1.54) is 0 Å². The molecule has 0 spiro atoms. The standard InChI is InChI=1S/C12H12BrN3O/c13-10-5-12(17)16(8-10)7-9-1-2-11-14-3-4-15(11)6-9/h1-4,6,10H,5,7-8H2. The minimum Gasteiger partial charge on any atom is -0.337 e. The van der Waals surface area contributed by atoms with Crippen LogP contribution in [0.1, 0.15) is 12.0 Å². The Kier molecular flexibility index (Phi) is 2.63. The molecule has 1 fully saturated rings. The highest BCUT2D eigenvalue weighted by molar-refractivity contribution is 9.09. The van der Waals surface area contributed by atoms with Gasteiger partial charge in [0.2, 0.25) is 5.91 Å². The molecule has 3 heterocycles. The molecule has 1 amide bonds. The molecule has 88 valence electrons. The summed E-state index contributed by atoms with van der Waals surface area (Å²) in [6.07, 6.45) is 6.32. The topological polar surface area (TPSA) is 37.6 Å². The molecule has 5 heteroatoms. The Bertz CT molecular complexity index is 566. The molecule has 1 saturated heterocycles. The number of pyridine rings is 1. The van der Waals surface area contributed by atoms with Crippen LogP contribution in [0, 0.1) is 0 Å². The van der Waals surface area contributed by atoms with E-state index < -0.39 is 0 Å². The molecule has 0 radical (unpaired) electrons. The fourth-order valence-corrected chi connectivity index (χ4v) is 2.78. The third-order valence-electron chi connectivity index (χ3n) is 2.99. The van der Waals surface area contributed by atoms with Gasteiger partial charge in [0.25, 0.3) is 0 Å². The predicted octanol–water partition coefficient (Wildman–Crippen LogP) is 1.83. The highest BCUT2D eigenvalue weighted by Gasteiger charge is 2.27. The molecule has 3 rings (SSSR count). The van der Waals surface area contributed by atoms with Gasteiger partial charge in [0.1, 0.15) is 5.65 Å². The number of nitrogens with zero attached hydrogens (tertiary/aromatic N) is 3. The zero-order valence-electron chi connectivity index (χ0n) is 9.21. The number of likely N-dealkylation sites (tertiary alicyclic amines) is 1. The van der Waals surface area contributed by atoms with Crippen molar-refractivity contribution < 1.29 is 4.79 Å². The Balaban J connectivity index is 1.82. The number of aromatic nitrogens is 2. The van der Waals surface area contributed by atoms with Crippen molar-refractivity contribution in [2.75, 3.05) is 6.54 Å². The maximum absolute atomic E-state index is 11.7. The summed E-state index contributed by atoms with van der Waals surface area (Å²) >= 11 is 3.49. The molecular weight excluding hydrogens is 282 g/mol. The first-order valence-corrected chi connectivity index (χ1v) is 6.47. The van der Waals surface area contributed by atoms with Gasteiger partial charge in [-0.3, -0.25) is 4.79 Å². The number of halogens is 1. The van der Waals surface area contributed by atoms with Crippen LogP contribution in [0.5, 0.6) is 0 Å². The summed E-state index contributed by atoms with van der Waals surface area (Å²) < 4.78 is 1.97. The second-order valence-electron chi connectivity index (χ2n) is 4.31. The van der Waals surface area contributed by atoms with Gasteiger partial charge < -0.3 is 9.30 Å². The second kappa shape index (κ2) is 4.14. The molecule has 2 aromatic heterocycles. The van der Waals surface area contributed by atoms with Crippen LogP contribution >= 0.6 is 15.9 Å². The van der Waals surface area contributed by atoms with Gasteiger partial charge in [-0.15, -0.1) is 0 Å². The average molecular weight is 294 g/mol. The van der Waals surface area contributed by atoms with Gasteiger partial charge in [-0.05, 0) is 11.6 Å². The van der Waals surface area contributed by atoms with Crippen molar-refractivity contribution in [3.05, 3.63) is 36.3 Å². The number of alkyl halides is 1. The quantitative estimate of drug-likeness (QED) is 0.793. The summed E-state index contributed by atoms with van der Waals surface area (Å²) in [7, 11) is 0. The van der Waals surface area contributed by atoms with Crippen molar-refractivity contribution in [3.63, 3.8) is 0 Å². The smallest absolute Gasteiger partial charge is 0.224 e. The summed E-state index contributed by atoms with van der Waals surface area (Å²) in [5.41, 5.74) is 2.06. The molecule has 4 nitrogen and oxygen atoms in total. The van der Waals surface area contributed by atoms with Gasteiger partial charge in [0.05, 0.1) is 0 Å². The van der Waals surface area contributed by atoms with Crippen LogP contribution in [0.3, 0.4) is 0 Å². The van der Waals surface area contributed by atoms with Crippen molar-refractivity contribution in [1.82, 2.24) is 14.3 Å². The lowest BCUT2D eigenvalue weighted by Gasteiger charge is -2.15. The molecule has 0 saturated carbocycles. The molecular formula is C12H12BrN3O. The molecule has 1 aliphatic heterocycles. The van der Waals surface area contributed by atoms with Gasteiger partial charge in [0, 0.05) is 42.9 Å². The van der Waals surface area contributed by atoms with Gasteiger partial charge in [-0.25, -0.2) is 4.98 Å². The van der Waals surface area contributed by atoms with Gasteiger partial charge in [-0.2, -0.15) is 0 Å². The van der Waals surface area contributed by atoms with E-state index in [-0.39, 0.29) is 5.91 Å². The lowest BCUT2D eigenvalue weighted by atomic mass is 10.2. The van der Waals surface area contributed by atoms with Crippen LogP contribution in [0.15, 0.2) is 30.7 Å². The van der Waals surface area contributed by atoms with Crippen LogP contribution in [0.25, 0.3) is 5.65 Å². The zero-order valence-corrected chi connectivity index (χ0v) is 10.8. The van der Waals surface area contributed by atoms with E-state index in [1.807, 2.05) is 33.8 Å². The molecule has 0 aromatic carbocycles. The molecule has 2 aromatic rings. The fourth-order valence-electron chi connectivity index (χ4n) is 2.16. The summed E-state index contributed by atoms with van der Waals surface area (Å²) in [4.78, 5) is 18.1. The Morgan fingerprint density at radius 1 is 1.47 bits per heavy atom. The lowest BCUT2D eigenvalue weighted by molar-refractivity contribution is -0.128. The van der Waals surface area contributed by atoms with Gasteiger partial charge >= 0.3 is 0 Å². The Hall–Kier alpha value is -1.36. The highest BCUT2D eigenvalue weighted by Crippen LogP contribution is 2.20. The Morgan fingerprint density at radius 3 is 3.12 bits per heavy atom. The van der Waals surface area contributed by atoms with Crippen LogP contribution in [-0.4, -0.2) is 31.6 Å². The van der Waals surface area contributed by atoms with Crippen molar-refractivity contribution >= 4 is 27.5 Å². The number of hydrogen-bond acceptors (Lipinski definition) is 2. The number of amides is 1. The number of carbonyl (C=O) groups excluding carboxylic acids is 1. The van der Waals surface area contributed by atoms with Gasteiger partial charge in [-0.1, -0.05) is 22.0 Å². The Labute approximate surface area is 107 Å². The van der Waals surface area contributed by atoms with E-state index in [1.54, 1.807) is 6.20 Å². The Morgan fingerprint density at radius 2 is 2.35 bits per heavy atom. The number of hydrogen-bond donors (Lipinski definition) is 0. The fraction of sp³-hybridized carbons (Fsp3) is 0.333. The predicted molar refractivity (Wildman–Crippen MR) is 67.9 cm³/mol. The van der Waals surface area contributed by atoms with Crippen LogP contribution in [0.4, 0.5) is 0 Å². The largest absolute Gasteiger partial charge is 0.337 e. The second-order valence-corrected chi connectivity index (χ2v) is 5.60. The van der Waals surface area contributed by atoms with E-state index in [9.17, 15) is 4.79 Å². The lowest BCUT2D eigenvalue weighted by Crippen LogP contribution is -2.24. The molecule has 1 atom stereocenters. The third-order valence-corrected chi connectivity index (χ3v) is 3.60. The minimum absolute atomic E-state index is 0.220. The number of imidazole rings is 1. The average Bonchev–Trinajstić information content (AvgIpc) is 2.85. The highest BCUT2D eigenvalue weighted by atomic mass is 79.9. The van der Waals surface area contributed by atoms with Crippen molar-refractivity contribution in [2.24, 2.45) is 0 Å². The maximum atomic E-state index is 11.7. The first-order chi connectivity index (χ1) is 8.22. The number of rotatable bonds is 2. The molecule has 17 heavy (non-hydrogen) atoms. The van der Waals surface area contributed by atoms with E-state index in [2.05, 4.69) is 20.9 Å². The first-order valence-electron chi connectivity index (χ1n) is 5.56. The summed E-state index contributed by atoms with van der Waals surface area (Å²) in [5.74, 6) is 0.220. The normalized spacial score (nSPS) is 20.4. The van der Waals surface area contributed by atoms with Crippen molar-refractivity contribution in [2.45, 2.75) is 17.8 Å². The number of carbonyl (C=O) groups is 1. The van der Waals surface area contributed by atoms with Gasteiger partial charge in [0.15, 0.2) is 0 Å².